The second-order valence-corrected chi connectivity index (χ2v) is 12.0. The Morgan fingerprint density at radius 3 is 1.89 bits per heavy atom. The molecule has 1 aliphatic rings. The van der Waals surface area contributed by atoms with Crippen molar-refractivity contribution in [1.29, 1.82) is 5.26 Å². The maximum Gasteiger partial charge on any atom is 0.455 e. The van der Waals surface area contributed by atoms with Crippen molar-refractivity contribution < 1.29 is 35.2 Å². The lowest BCUT2D eigenvalue weighted by atomic mass is 9.94. The van der Waals surface area contributed by atoms with Gasteiger partial charge in [-0.2, -0.15) is 27.2 Å². The number of amides is 1. The molecule has 1 aliphatic carbocycles. The summed E-state index contributed by atoms with van der Waals surface area (Å²) in [5, 5.41) is 14.0. The molecule has 0 saturated heterocycles. The van der Waals surface area contributed by atoms with Gasteiger partial charge in [-0.1, -0.05) is 50.2 Å². The fourth-order valence-electron chi connectivity index (χ4n) is 3.97. The lowest BCUT2D eigenvalue weighted by Gasteiger charge is -2.33. The molecule has 0 spiro atoms. The van der Waals surface area contributed by atoms with Crippen LogP contribution in [0.15, 0.2) is 53.4 Å². The lowest BCUT2D eigenvalue weighted by Crippen LogP contribution is -2.55. The van der Waals surface area contributed by atoms with Crippen LogP contribution in [0.2, 0.25) is 0 Å². The Bertz CT molecular complexity index is 1300. The van der Waals surface area contributed by atoms with E-state index in [0.717, 1.165) is 18.4 Å². The van der Waals surface area contributed by atoms with Gasteiger partial charge in [-0.25, -0.2) is 8.42 Å². The fraction of sp³-hybridized carbons (Fsp3) is 0.462. The molecule has 2 atom stereocenters. The molecule has 0 bridgehead atoms. The van der Waals surface area contributed by atoms with Gasteiger partial charge in [0.15, 0.2) is 9.84 Å². The first kappa shape index (κ1) is 29.5. The van der Waals surface area contributed by atoms with Crippen LogP contribution in [0, 0.1) is 17.2 Å². The summed E-state index contributed by atoms with van der Waals surface area (Å²) < 4.78 is 93.5. The number of hydrogen-bond donors (Lipinski definition) is 2. The van der Waals surface area contributed by atoms with E-state index in [0.29, 0.717) is 24.0 Å². The molecule has 6 nitrogen and oxygen atoms in total. The SMILES string of the molecule is CC(C)C[C@H](N[C@@H](c1ccc(-c2ccc(S(C)(=O)=O)cc2)cc1)C(F)(F)C(F)(F)F)C(=O)NC1(C#N)CC1. The summed E-state index contributed by atoms with van der Waals surface area (Å²) in [4.78, 5) is 13.0. The van der Waals surface area contributed by atoms with E-state index in [1.165, 1.54) is 36.4 Å². The van der Waals surface area contributed by atoms with E-state index in [1.54, 1.807) is 13.8 Å². The lowest BCUT2D eigenvalue weighted by molar-refractivity contribution is -0.295. The normalized spacial score (nSPS) is 16.9. The number of carbonyl (C=O) groups excluding carboxylic acids is 1. The third kappa shape index (κ3) is 6.69. The number of halogens is 5. The number of alkyl halides is 5. The molecular weight excluding hydrogens is 529 g/mol. The highest BCUT2D eigenvalue weighted by Crippen LogP contribution is 2.45. The van der Waals surface area contributed by atoms with E-state index >= 15 is 0 Å². The van der Waals surface area contributed by atoms with Crippen molar-refractivity contribution in [1.82, 2.24) is 10.6 Å². The number of nitriles is 1. The van der Waals surface area contributed by atoms with Crippen LogP contribution in [0.4, 0.5) is 22.0 Å². The summed E-state index contributed by atoms with van der Waals surface area (Å²) >= 11 is 0. The molecule has 0 heterocycles. The second-order valence-electron chi connectivity index (χ2n) is 10.0. The highest BCUT2D eigenvalue weighted by atomic mass is 32.2. The standard InChI is InChI=1S/C26H28F5N3O3S/c1-16(2)14-21(23(35)34-24(15-32)12-13-24)33-22(25(27,28)26(29,30)31)19-6-4-17(5-7-19)18-8-10-20(11-9-18)38(3,36)37/h4-11,16,21-22,33H,12-14H2,1-3H3,(H,34,35)/t21-,22-/m0/s1. The molecule has 2 aromatic carbocycles. The Morgan fingerprint density at radius 2 is 1.50 bits per heavy atom. The van der Waals surface area contributed by atoms with Crippen molar-refractivity contribution in [3.8, 4) is 17.2 Å². The number of benzene rings is 2. The van der Waals surface area contributed by atoms with Crippen molar-refractivity contribution in [2.24, 2.45) is 5.92 Å². The van der Waals surface area contributed by atoms with E-state index in [1.807, 2.05) is 6.07 Å². The Balaban J connectivity index is 1.95. The summed E-state index contributed by atoms with van der Waals surface area (Å²) in [5.41, 5.74) is -0.528. The summed E-state index contributed by atoms with van der Waals surface area (Å²) in [6.07, 6.45) is -4.16. The Morgan fingerprint density at radius 1 is 1.00 bits per heavy atom. The fourth-order valence-corrected chi connectivity index (χ4v) is 4.60. The predicted molar refractivity (Wildman–Crippen MR) is 131 cm³/mol. The molecule has 12 heteroatoms. The van der Waals surface area contributed by atoms with E-state index in [4.69, 9.17) is 0 Å². The van der Waals surface area contributed by atoms with E-state index < -0.39 is 51.0 Å². The molecule has 0 aromatic heterocycles. The van der Waals surface area contributed by atoms with Crippen molar-refractivity contribution in [3.05, 3.63) is 54.1 Å². The number of nitrogens with zero attached hydrogens (tertiary/aromatic N) is 1. The van der Waals surface area contributed by atoms with Gasteiger partial charge >= 0.3 is 12.1 Å². The second kappa shape index (κ2) is 10.6. The molecule has 0 unspecified atom stereocenters. The first-order chi connectivity index (χ1) is 17.5. The van der Waals surface area contributed by atoms with Crippen LogP contribution in [-0.4, -0.2) is 44.3 Å². The number of sulfone groups is 1. The first-order valence-electron chi connectivity index (χ1n) is 11.8. The largest absolute Gasteiger partial charge is 0.455 e. The molecule has 1 fully saturated rings. The highest BCUT2D eigenvalue weighted by molar-refractivity contribution is 7.90. The number of rotatable bonds is 10. The summed E-state index contributed by atoms with van der Waals surface area (Å²) in [7, 11) is -3.44. The third-order valence-electron chi connectivity index (χ3n) is 6.32. The van der Waals surface area contributed by atoms with Crippen LogP contribution in [0.3, 0.4) is 0 Å². The minimum Gasteiger partial charge on any atom is -0.336 e. The van der Waals surface area contributed by atoms with Crippen molar-refractivity contribution in [2.45, 2.75) is 67.7 Å². The zero-order valence-corrected chi connectivity index (χ0v) is 21.8. The minimum absolute atomic E-state index is 0.0391. The summed E-state index contributed by atoms with van der Waals surface area (Å²) in [6.45, 7) is 3.39. The van der Waals surface area contributed by atoms with E-state index in [9.17, 15) is 40.4 Å². The molecule has 3 rings (SSSR count). The third-order valence-corrected chi connectivity index (χ3v) is 7.45. The van der Waals surface area contributed by atoms with Crippen LogP contribution in [0.1, 0.15) is 44.7 Å². The molecule has 0 radical (unpaired) electrons. The molecule has 1 saturated carbocycles. The molecule has 206 valence electrons. The minimum atomic E-state index is -5.91. The van der Waals surface area contributed by atoms with Crippen molar-refractivity contribution in [2.75, 3.05) is 6.26 Å². The van der Waals surface area contributed by atoms with Crippen molar-refractivity contribution in [3.63, 3.8) is 0 Å². The molecule has 2 aromatic rings. The summed E-state index contributed by atoms with van der Waals surface area (Å²) in [6, 6.07) is 8.58. The van der Waals surface area contributed by atoms with Gasteiger partial charge in [-0.05, 0) is 54.0 Å². The maximum absolute atomic E-state index is 14.8. The molecule has 2 N–H and O–H groups in total. The molecule has 0 aliphatic heterocycles. The highest BCUT2D eigenvalue weighted by Gasteiger charge is 2.63. The van der Waals surface area contributed by atoms with Gasteiger partial charge in [-0.3, -0.25) is 10.1 Å². The van der Waals surface area contributed by atoms with E-state index in [2.05, 4.69) is 10.6 Å². The quantitative estimate of drug-likeness (QED) is 0.393. The van der Waals surface area contributed by atoms with Gasteiger partial charge in [0, 0.05) is 6.26 Å². The monoisotopic (exact) mass is 557 g/mol. The van der Waals surface area contributed by atoms with Crippen LogP contribution >= 0.6 is 0 Å². The summed E-state index contributed by atoms with van der Waals surface area (Å²) in [5.74, 6) is -6.27. The Labute approximate surface area is 218 Å². The van der Waals surface area contributed by atoms with Gasteiger partial charge in [-0.15, -0.1) is 0 Å². The number of hydrogen-bond acceptors (Lipinski definition) is 5. The van der Waals surface area contributed by atoms with Gasteiger partial charge in [0.25, 0.3) is 0 Å². The topological polar surface area (TPSA) is 99.1 Å². The van der Waals surface area contributed by atoms with Crippen LogP contribution in [0.25, 0.3) is 11.1 Å². The number of carbonyl (C=O) groups is 1. The first-order valence-corrected chi connectivity index (χ1v) is 13.7. The number of nitrogens with one attached hydrogen (secondary N) is 2. The molecule has 38 heavy (non-hydrogen) atoms. The predicted octanol–water partition coefficient (Wildman–Crippen LogP) is 5.17. The zero-order valence-electron chi connectivity index (χ0n) is 20.9. The smallest absolute Gasteiger partial charge is 0.336 e. The van der Waals surface area contributed by atoms with Gasteiger partial charge < -0.3 is 5.32 Å². The zero-order chi connectivity index (χ0) is 28.5. The molecule has 1 amide bonds. The Kier molecular flexibility index (Phi) is 8.24. The van der Waals surface area contributed by atoms with Crippen LogP contribution in [0.5, 0.6) is 0 Å². The maximum atomic E-state index is 14.8. The van der Waals surface area contributed by atoms with Gasteiger partial charge in [0.1, 0.15) is 11.6 Å². The average Bonchev–Trinajstić information content (AvgIpc) is 3.60. The van der Waals surface area contributed by atoms with Gasteiger partial charge in [0.2, 0.25) is 5.91 Å². The van der Waals surface area contributed by atoms with Gasteiger partial charge in [0.05, 0.1) is 17.0 Å². The Hall–Kier alpha value is -3.04. The molecular formula is C26H28F5N3O3S. The van der Waals surface area contributed by atoms with E-state index in [-0.39, 0.29) is 17.2 Å². The van der Waals surface area contributed by atoms with Crippen LogP contribution in [-0.2, 0) is 14.6 Å². The average molecular weight is 558 g/mol. The van der Waals surface area contributed by atoms with Crippen LogP contribution < -0.4 is 10.6 Å². The van der Waals surface area contributed by atoms with Crippen molar-refractivity contribution >= 4 is 15.7 Å².